The SMILES string of the molecule is N[C@@H]1C[C@H](C(=O)N2CCCN(Cc3cccs3)CC2)C[C@H]1O. The van der Waals surface area contributed by atoms with Gasteiger partial charge in [-0.05, 0) is 30.7 Å². The summed E-state index contributed by atoms with van der Waals surface area (Å²) in [4.78, 5) is 18.4. The summed E-state index contributed by atoms with van der Waals surface area (Å²) < 4.78 is 0. The molecule has 1 aliphatic heterocycles. The smallest absolute Gasteiger partial charge is 0.225 e. The number of aliphatic hydroxyl groups excluding tert-OH is 1. The van der Waals surface area contributed by atoms with Crippen LogP contribution in [0.15, 0.2) is 17.5 Å². The zero-order valence-corrected chi connectivity index (χ0v) is 13.7. The van der Waals surface area contributed by atoms with Gasteiger partial charge in [0.15, 0.2) is 0 Å². The molecule has 1 aromatic rings. The lowest BCUT2D eigenvalue weighted by atomic mass is 10.1. The van der Waals surface area contributed by atoms with Gasteiger partial charge in [0.1, 0.15) is 0 Å². The number of nitrogens with zero attached hydrogens (tertiary/aromatic N) is 2. The molecule has 1 amide bonds. The Labute approximate surface area is 135 Å². The second kappa shape index (κ2) is 7.08. The van der Waals surface area contributed by atoms with E-state index in [1.807, 2.05) is 4.90 Å². The Balaban J connectivity index is 1.52. The molecular weight excluding hydrogens is 298 g/mol. The molecule has 5 nitrogen and oxygen atoms in total. The lowest BCUT2D eigenvalue weighted by Gasteiger charge is -2.24. The van der Waals surface area contributed by atoms with Gasteiger partial charge in [-0.15, -0.1) is 11.3 Å². The first-order valence-corrected chi connectivity index (χ1v) is 8.98. The van der Waals surface area contributed by atoms with E-state index in [4.69, 9.17) is 5.73 Å². The molecule has 22 heavy (non-hydrogen) atoms. The Morgan fingerprint density at radius 3 is 2.86 bits per heavy atom. The van der Waals surface area contributed by atoms with Crippen LogP contribution in [0.5, 0.6) is 0 Å². The van der Waals surface area contributed by atoms with E-state index in [0.29, 0.717) is 12.8 Å². The monoisotopic (exact) mass is 323 g/mol. The lowest BCUT2D eigenvalue weighted by molar-refractivity contribution is -0.135. The second-order valence-electron chi connectivity index (χ2n) is 6.43. The van der Waals surface area contributed by atoms with Crippen molar-refractivity contribution >= 4 is 17.2 Å². The summed E-state index contributed by atoms with van der Waals surface area (Å²) >= 11 is 1.79. The van der Waals surface area contributed by atoms with Gasteiger partial charge >= 0.3 is 0 Å². The van der Waals surface area contributed by atoms with Gasteiger partial charge in [-0.1, -0.05) is 6.07 Å². The standard InChI is InChI=1S/C16H25N3O2S/c17-14-9-12(10-15(14)20)16(21)19-5-2-4-18(6-7-19)11-13-3-1-8-22-13/h1,3,8,12,14-15,20H,2,4-7,9-11,17H2/t12-,14+,15+/m0/s1. The third-order valence-electron chi connectivity index (χ3n) is 4.79. The third kappa shape index (κ3) is 3.68. The first-order chi connectivity index (χ1) is 10.6. The number of rotatable bonds is 3. The Morgan fingerprint density at radius 2 is 2.18 bits per heavy atom. The van der Waals surface area contributed by atoms with E-state index in [2.05, 4.69) is 22.4 Å². The largest absolute Gasteiger partial charge is 0.391 e. The summed E-state index contributed by atoms with van der Waals surface area (Å²) in [7, 11) is 0. The van der Waals surface area contributed by atoms with Gasteiger partial charge in [-0.3, -0.25) is 9.69 Å². The van der Waals surface area contributed by atoms with Crippen molar-refractivity contribution in [3.8, 4) is 0 Å². The van der Waals surface area contributed by atoms with Crippen molar-refractivity contribution in [2.24, 2.45) is 11.7 Å². The highest BCUT2D eigenvalue weighted by Crippen LogP contribution is 2.27. The fraction of sp³-hybridized carbons (Fsp3) is 0.688. The molecule has 6 heteroatoms. The summed E-state index contributed by atoms with van der Waals surface area (Å²) in [5.74, 6) is 0.0961. The fourth-order valence-corrected chi connectivity index (χ4v) is 4.23. The number of hydrogen-bond acceptors (Lipinski definition) is 5. The molecule has 1 saturated heterocycles. The second-order valence-corrected chi connectivity index (χ2v) is 7.47. The highest BCUT2D eigenvalue weighted by Gasteiger charge is 2.37. The number of amides is 1. The molecule has 2 aliphatic rings. The van der Waals surface area contributed by atoms with Crippen molar-refractivity contribution in [3.63, 3.8) is 0 Å². The summed E-state index contributed by atoms with van der Waals surface area (Å²) in [6, 6.07) is 4.01. The molecule has 0 radical (unpaired) electrons. The molecule has 0 aromatic carbocycles. The lowest BCUT2D eigenvalue weighted by Crippen LogP contribution is -2.38. The van der Waals surface area contributed by atoms with Gasteiger partial charge < -0.3 is 15.7 Å². The molecular formula is C16H25N3O2S. The van der Waals surface area contributed by atoms with Crippen LogP contribution in [0, 0.1) is 5.92 Å². The average Bonchev–Trinajstić information content (AvgIpc) is 3.04. The van der Waals surface area contributed by atoms with Gasteiger partial charge in [-0.2, -0.15) is 0 Å². The van der Waals surface area contributed by atoms with Crippen molar-refractivity contribution in [2.45, 2.75) is 38.0 Å². The molecule has 2 fully saturated rings. The number of hydrogen-bond donors (Lipinski definition) is 2. The van der Waals surface area contributed by atoms with E-state index < -0.39 is 6.10 Å². The Bertz CT molecular complexity index is 484. The van der Waals surface area contributed by atoms with Gasteiger partial charge in [-0.25, -0.2) is 0 Å². The Kier molecular flexibility index (Phi) is 5.13. The maximum Gasteiger partial charge on any atom is 0.225 e. The number of carbonyl (C=O) groups excluding carboxylic acids is 1. The van der Waals surface area contributed by atoms with Crippen LogP contribution >= 0.6 is 11.3 Å². The van der Waals surface area contributed by atoms with Crippen LogP contribution in [0.2, 0.25) is 0 Å². The summed E-state index contributed by atoms with van der Waals surface area (Å²) in [5, 5.41) is 11.9. The molecule has 0 unspecified atom stereocenters. The predicted molar refractivity (Wildman–Crippen MR) is 87.5 cm³/mol. The summed E-state index contributed by atoms with van der Waals surface area (Å²) in [6.45, 7) is 4.54. The maximum absolute atomic E-state index is 12.6. The quantitative estimate of drug-likeness (QED) is 0.866. The van der Waals surface area contributed by atoms with Crippen molar-refractivity contribution < 1.29 is 9.90 Å². The molecule has 122 valence electrons. The number of nitrogens with two attached hydrogens (primary N) is 1. The molecule has 3 N–H and O–H groups in total. The zero-order chi connectivity index (χ0) is 15.5. The topological polar surface area (TPSA) is 69.8 Å². The first kappa shape index (κ1) is 15.9. The van der Waals surface area contributed by atoms with Crippen LogP contribution in [0.1, 0.15) is 24.1 Å². The molecule has 1 aliphatic carbocycles. The van der Waals surface area contributed by atoms with Crippen LogP contribution in [-0.2, 0) is 11.3 Å². The molecule has 0 bridgehead atoms. The van der Waals surface area contributed by atoms with Gasteiger partial charge in [0.2, 0.25) is 5.91 Å². The minimum atomic E-state index is -0.517. The van der Waals surface area contributed by atoms with Crippen molar-refractivity contribution in [2.75, 3.05) is 26.2 Å². The molecule has 0 spiro atoms. The van der Waals surface area contributed by atoms with E-state index in [0.717, 1.165) is 39.1 Å². The molecule has 2 heterocycles. The minimum Gasteiger partial charge on any atom is -0.391 e. The molecule has 1 aromatic heterocycles. The molecule has 3 rings (SSSR count). The Morgan fingerprint density at radius 1 is 1.32 bits per heavy atom. The van der Waals surface area contributed by atoms with E-state index >= 15 is 0 Å². The van der Waals surface area contributed by atoms with Crippen LogP contribution < -0.4 is 5.73 Å². The average molecular weight is 323 g/mol. The normalized spacial score (nSPS) is 30.5. The molecule has 3 atom stereocenters. The third-order valence-corrected chi connectivity index (χ3v) is 5.65. The van der Waals surface area contributed by atoms with E-state index in [-0.39, 0.29) is 17.9 Å². The summed E-state index contributed by atoms with van der Waals surface area (Å²) in [5.41, 5.74) is 5.84. The van der Waals surface area contributed by atoms with Crippen molar-refractivity contribution in [1.82, 2.24) is 9.80 Å². The van der Waals surface area contributed by atoms with Crippen molar-refractivity contribution in [1.29, 1.82) is 0 Å². The Hall–Kier alpha value is -0.950. The first-order valence-electron chi connectivity index (χ1n) is 8.10. The number of carbonyl (C=O) groups is 1. The predicted octanol–water partition coefficient (Wildman–Crippen LogP) is 0.881. The van der Waals surface area contributed by atoms with Crippen LogP contribution in [0.4, 0.5) is 0 Å². The van der Waals surface area contributed by atoms with Gasteiger partial charge in [0, 0.05) is 49.6 Å². The fourth-order valence-electron chi connectivity index (χ4n) is 3.48. The number of thiophene rings is 1. The number of aliphatic hydroxyl groups is 1. The highest BCUT2D eigenvalue weighted by atomic mass is 32.1. The van der Waals surface area contributed by atoms with E-state index in [9.17, 15) is 9.90 Å². The molecule has 1 saturated carbocycles. The van der Waals surface area contributed by atoms with E-state index in [1.54, 1.807) is 11.3 Å². The van der Waals surface area contributed by atoms with Gasteiger partial charge in [0.05, 0.1) is 6.10 Å². The van der Waals surface area contributed by atoms with Gasteiger partial charge in [0.25, 0.3) is 0 Å². The van der Waals surface area contributed by atoms with Crippen LogP contribution in [0.3, 0.4) is 0 Å². The van der Waals surface area contributed by atoms with Crippen molar-refractivity contribution in [3.05, 3.63) is 22.4 Å². The van der Waals surface area contributed by atoms with Crippen LogP contribution in [-0.4, -0.2) is 59.1 Å². The minimum absolute atomic E-state index is 0.0890. The highest BCUT2D eigenvalue weighted by molar-refractivity contribution is 7.09. The zero-order valence-electron chi connectivity index (χ0n) is 12.9. The maximum atomic E-state index is 12.6. The van der Waals surface area contributed by atoms with E-state index in [1.165, 1.54) is 4.88 Å². The van der Waals surface area contributed by atoms with Crippen LogP contribution in [0.25, 0.3) is 0 Å². The summed E-state index contributed by atoms with van der Waals surface area (Å²) in [6.07, 6.45) is 1.64.